The van der Waals surface area contributed by atoms with Gasteiger partial charge in [-0.1, -0.05) is 6.07 Å². The third-order valence-electron chi connectivity index (χ3n) is 4.65. The fraction of sp³-hybridized carbons (Fsp3) is 0.429. The molecule has 1 aliphatic rings. The highest BCUT2D eigenvalue weighted by atomic mass is 32.1. The number of amides is 1. The average Bonchev–Trinajstić information content (AvgIpc) is 3.39. The molecule has 7 heteroatoms. The molecular formula is C21H25NO5S. The Kier molecular flexibility index (Phi) is 7.06. The second-order valence-electron chi connectivity index (χ2n) is 6.70. The molecule has 1 aromatic carbocycles. The van der Waals surface area contributed by atoms with E-state index in [9.17, 15) is 9.59 Å². The van der Waals surface area contributed by atoms with Crippen LogP contribution in [-0.2, 0) is 16.1 Å². The fourth-order valence-corrected chi connectivity index (χ4v) is 3.84. The van der Waals surface area contributed by atoms with Gasteiger partial charge >= 0.3 is 0 Å². The Morgan fingerprint density at radius 3 is 2.79 bits per heavy atom. The van der Waals surface area contributed by atoms with Crippen LogP contribution in [-0.4, -0.2) is 49.6 Å². The van der Waals surface area contributed by atoms with Crippen molar-refractivity contribution in [2.24, 2.45) is 0 Å². The number of ketones is 1. The third-order valence-corrected chi connectivity index (χ3v) is 5.51. The summed E-state index contributed by atoms with van der Waals surface area (Å²) in [4.78, 5) is 27.3. The summed E-state index contributed by atoms with van der Waals surface area (Å²) in [7, 11) is 1.51. The van der Waals surface area contributed by atoms with E-state index in [1.165, 1.54) is 14.0 Å². The molecule has 1 aliphatic heterocycles. The summed E-state index contributed by atoms with van der Waals surface area (Å²) < 4.78 is 16.7. The molecule has 6 nitrogen and oxygen atoms in total. The molecule has 1 amide bonds. The van der Waals surface area contributed by atoms with Crippen molar-refractivity contribution in [3.63, 3.8) is 0 Å². The minimum absolute atomic E-state index is 0.0559. The van der Waals surface area contributed by atoms with Gasteiger partial charge in [0.05, 0.1) is 19.8 Å². The molecule has 150 valence electrons. The van der Waals surface area contributed by atoms with Gasteiger partial charge in [0.2, 0.25) is 0 Å². The quantitative estimate of drug-likeness (QED) is 0.599. The molecule has 0 bridgehead atoms. The first-order valence-electron chi connectivity index (χ1n) is 9.30. The molecule has 1 atom stereocenters. The summed E-state index contributed by atoms with van der Waals surface area (Å²) in [5, 5.41) is 2.00. The molecule has 2 heterocycles. The summed E-state index contributed by atoms with van der Waals surface area (Å²) in [6, 6.07) is 8.95. The number of hydrogen-bond acceptors (Lipinski definition) is 6. The van der Waals surface area contributed by atoms with Gasteiger partial charge in [0.1, 0.15) is 0 Å². The number of ether oxygens (including phenoxy) is 3. The molecule has 0 radical (unpaired) electrons. The first-order chi connectivity index (χ1) is 13.6. The SMILES string of the molecule is COc1cc(C(C)=O)ccc1OCC(=O)N(Cc1cccs1)CC1CCCO1. The van der Waals surface area contributed by atoms with Gasteiger partial charge in [-0.2, -0.15) is 0 Å². The van der Waals surface area contributed by atoms with E-state index in [-0.39, 0.29) is 24.4 Å². The summed E-state index contributed by atoms with van der Waals surface area (Å²) >= 11 is 1.62. The number of methoxy groups -OCH3 is 1. The number of carbonyl (C=O) groups is 2. The Morgan fingerprint density at radius 2 is 2.14 bits per heavy atom. The van der Waals surface area contributed by atoms with Crippen molar-refractivity contribution in [1.82, 2.24) is 4.90 Å². The van der Waals surface area contributed by atoms with Gasteiger partial charge in [-0.3, -0.25) is 9.59 Å². The van der Waals surface area contributed by atoms with E-state index in [1.807, 2.05) is 17.5 Å². The normalized spacial score (nSPS) is 16.0. The maximum atomic E-state index is 12.9. The van der Waals surface area contributed by atoms with Crippen molar-refractivity contribution < 1.29 is 23.8 Å². The number of Topliss-reactive ketones (excluding diaryl/α,β-unsaturated/α-hetero) is 1. The lowest BCUT2D eigenvalue weighted by atomic mass is 10.1. The zero-order valence-corrected chi connectivity index (χ0v) is 17.0. The topological polar surface area (TPSA) is 65.1 Å². The van der Waals surface area contributed by atoms with Crippen LogP contribution in [0.15, 0.2) is 35.7 Å². The van der Waals surface area contributed by atoms with E-state index in [4.69, 9.17) is 14.2 Å². The Hall–Kier alpha value is -2.38. The molecule has 28 heavy (non-hydrogen) atoms. The number of nitrogens with zero attached hydrogens (tertiary/aromatic N) is 1. The van der Waals surface area contributed by atoms with Gasteiger partial charge in [-0.05, 0) is 49.4 Å². The molecule has 0 spiro atoms. The Labute approximate surface area is 169 Å². The smallest absolute Gasteiger partial charge is 0.260 e. The average molecular weight is 404 g/mol. The van der Waals surface area contributed by atoms with Gasteiger partial charge in [0, 0.05) is 23.6 Å². The van der Waals surface area contributed by atoms with Crippen LogP contribution in [0.5, 0.6) is 11.5 Å². The van der Waals surface area contributed by atoms with Crippen LogP contribution >= 0.6 is 11.3 Å². The molecule has 0 aliphatic carbocycles. The monoisotopic (exact) mass is 403 g/mol. The molecule has 2 aromatic rings. The van der Waals surface area contributed by atoms with Crippen LogP contribution < -0.4 is 9.47 Å². The second-order valence-corrected chi connectivity index (χ2v) is 7.73. The van der Waals surface area contributed by atoms with E-state index in [0.29, 0.717) is 30.2 Å². The van der Waals surface area contributed by atoms with Crippen molar-refractivity contribution in [2.45, 2.75) is 32.4 Å². The first-order valence-corrected chi connectivity index (χ1v) is 10.2. The maximum Gasteiger partial charge on any atom is 0.260 e. The molecule has 1 fully saturated rings. The zero-order chi connectivity index (χ0) is 19.9. The molecule has 0 saturated carbocycles. The highest BCUT2D eigenvalue weighted by Crippen LogP contribution is 2.28. The molecular weight excluding hydrogens is 378 g/mol. The minimum atomic E-state index is -0.110. The van der Waals surface area contributed by atoms with Gasteiger partial charge in [0.15, 0.2) is 23.9 Å². The lowest BCUT2D eigenvalue weighted by molar-refractivity contribution is -0.135. The van der Waals surface area contributed by atoms with Gasteiger partial charge in [-0.25, -0.2) is 0 Å². The minimum Gasteiger partial charge on any atom is -0.493 e. The standard InChI is InChI=1S/C21H25NO5S/c1-15(23)16-7-8-19(20(11-16)25-2)27-14-21(24)22(12-17-5-3-9-26-17)13-18-6-4-10-28-18/h4,6-8,10-11,17H,3,5,9,12-14H2,1-2H3. The third kappa shape index (κ3) is 5.33. The van der Waals surface area contributed by atoms with Crippen molar-refractivity contribution in [1.29, 1.82) is 0 Å². The number of thiophene rings is 1. The van der Waals surface area contributed by atoms with Crippen LogP contribution in [0.25, 0.3) is 0 Å². The van der Waals surface area contributed by atoms with Crippen molar-refractivity contribution in [3.8, 4) is 11.5 Å². The van der Waals surface area contributed by atoms with E-state index in [1.54, 1.807) is 34.4 Å². The number of rotatable bonds is 9. The predicted octanol–water partition coefficient (Wildman–Crippen LogP) is 3.55. The number of hydrogen-bond donors (Lipinski definition) is 0. The molecule has 1 unspecified atom stereocenters. The largest absolute Gasteiger partial charge is 0.493 e. The highest BCUT2D eigenvalue weighted by molar-refractivity contribution is 7.09. The predicted molar refractivity (Wildman–Crippen MR) is 107 cm³/mol. The van der Waals surface area contributed by atoms with E-state index >= 15 is 0 Å². The van der Waals surface area contributed by atoms with Crippen molar-refractivity contribution >= 4 is 23.0 Å². The molecule has 1 saturated heterocycles. The van der Waals surface area contributed by atoms with Gasteiger partial charge in [-0.15, -0.1) is 11.3 Å². The van der Waals surface area contributed by atoms with Crippen molar-refractivity contribution in [3.05, 3.63) is 46.2 Å². The van der Waals surface area contributed by atoms with Crippen LogP contribution in [0.1, 0.15) is 35.0 Å². The zero-order valence-electron chi connectivity index (χ0n) is 16.2. The number of carbonyl (C=O) groups excluding carboxylic acids is 2. The van der Waals surface area contributed by atoms with Crippen LogP contribution in [0.4, 0.5) is 0 Å². The highest BCUT2D eigenvalue weighted by Gasteiger charge is 2.23. The van der Waals surface area contributed by atoms with Crippen LogP contribution in [0.2, 0.25) is 0 Å². The summed E-state index contributed by atoms with van der Waals surface area (Å²) in [5.41, 5.74) is 0.535. The first kappa shape index (κ1) is 20.4. The number of benzene rings is 1. The summed E-state index contributed by atoms with van der Waals surface area (Å²) in [6.07, 6.45) is 2.07. The Bertz CT molecular complexity index is 799. The Balaban J connectivity index is 1.66. The lowest BCUT2D eigenvalue weighted by Gasteiger charge is -2.25. The maximum absolute atomic E-state index is 12.9. The molecule has 0 N–H and O–H groups in total. The van der Waals surface area contributed by atoms with Crippen LogP contribution in [0, 0.1) is 0 Å². The lowest BCUT2D eigenvalue weighted by Crippen LogP contribution is -2.39. The van der Waals surface area contributed by atoms with E-state index < -0.39 is 0 Å². The van der Waals surface area contributed by atoms with Gasteiger partial charge < -0.3 is 19.1 Å². The molecule has 1 aromatic heterocycles. The van der Waals surface area contributed by atoms with E-state index in [0.717, 1.165) is 24.3 Å². The summed E-state index contributed by atoms with van der Waals surface area (Å²) in [6.45, 7) is 3.24. The fourth-order valence-electron chi connectivity index (χ4n) is 3.12. The summed E-state index contributed by atoms with van der Waals surface area (Å²) in [5.74, 6) is 0.708. The second kappa shape index (κ2) is 9.71. The Morgan fingerprint density at radius 1 is 1.29 bits per heavy atom. The van der Waals surface area contributed by atoms with Gasteiger partial charge in [0.25, 0.3) is 5.91 Å². The van der Waals surface area contributed by atoms with Crippen molar-refractivity contribution in [2.75, 3.05) is 26.9 Å². The molecule has 3 rings (SSSR count). The van der Waals surface area contributed by atoms with Crippen LogP contribution in [0.3, 0.4) is 0 Å². The van der Waals surface area contributed by atoms with E-state index in [2.05, 4.69) is 0 Å².